The number of benzene rings is 1. The second-order valence-electron chi connectivity index (χ2n) is 6.88. The largest absolute Gasteiger partial charge is 0.417 e. The van der Waals surface area contributed by atoms with Crippen LogP contribution >= 0.6 is 11.6 Å². The fraction of sp³-hybridized carbons (Fsp3) is 0.250. The van der Waals surface area contributed by atoms with Crippen LogP contribution in [0, 0.1) is 6.92 Å². The van der Waals surface area contributed by atoms with E-state index in [1.54, 1.807) is 24.2 Å². The molecular weight excluding hydrogens is 421 g/mol. The molecule has 6 nitrogen and oxygen atoms in total. The highest BCUT2D eigenvalue weighted by Crippen LogP contribution is 2.36. The number of pyridine rings is 1. The molecule has 1 aromatic carbocycles. The molecule has 0 aliphatic rings. The molecule has 158 valence electrons. The molecular formula is C20H18ClF3N4O2. The highest BCUT2D eigenvalue weighted by atomic mass is 35.5. The third-order valence-electron chi connectivity index (χ3n) is 4.34. The zero-order chi connectivity index (χ0) is 22.1. The van der Waals surface area contributed by atoms with E-state index in [4.69, 9.17) is 11.6 Å². The number of alkyl halides is 3. The molecule has 0 radical (unpaired) electrons. The number of carbonyl (C=O) groups is 1. The van der Waals surface area contributed by atoms with Gasteiger partial charge in [-0.05, 0) is 43.8 Å². The molecule has 2 heterocycles. The number of aromatic nitrogens is 2. The van der Waals surface area contributed by atoms with Crippen LogP contribution in [0.4, 0.5) is 18.9 Å². The van der Waals surface area contributed by atoms with Gasteiger partial charge in [0.25, 0.3) is 5.56 Å². The molecule has 1 N–H and O–H groups in total. The Bertz CT molecular complexity index is 1160. The number of hydrogen-bond acceptors (Lipinski definition) is 4. The predicted molar refractivity (Wildman–Crippen MR) is 108 cm³/mol. The van der Waals surface area contributed by atoms with Crippen molar-refractivity contribution < 1.29 is 18.0 Å². The first-order valence-electron chi connectivity index (χ1n) is 8.87. The van der Waals surface area contributed by atoms with Gasteiger partial charge in [-0.2, -0.15) is 13.2 Å². The Balaban J connectivity index is 1.69. The van der Waals surface area contributed by atoms with Crippen LogP contribution in [0.2, 0.25) is 5.02 Å². The second kappa shape index (κ2) is 8.45. The van der Waals surface area contributed by atoms with Crippen molar-refractivity contribution in [3.63, 3.8) is 0 Å². The van der Waals surface area contributed by atoms with Crippen molar-refractivity contribution in [1.29, 1.82) is 0 Å². The van der Waals surface area contributed by atoms with Crippen molar-refractivity contribution in [1.82, 2.24) is 14.3 Å². The summed E-state index contributed by atoms with van der Waals surface area (Å²) in [6, 6.07) is 8.14. The van der Waals surface area contributed by atoms with E-state index in [0.29, 0.717) is 11.3 Å². The van der Waals surface area contributed by atoms with Gasteiger partial charge >= 0.3 is 6.18 Å². The fourth-order valence-electron chi connectivity index (χ4n) is 2.99. The van der Waals surface area contributed by atoms with Gasteiger partial charge in [-0.25, -0.2) is 4.98 Å². The van der Waals surface area contributed by atoms with Gasteiger partial charge in [-0.3, -0.25) is 18.9 Å². The summed E-state index contributed by atoms with van der Waals surface area (Å²) < 4.78 is 40.3. The number of nitrogens with zero attached hydrogens (tertiary/aromatic N) is 3. The number of carbonyl (C=O) groups excluding carboxylic acids is 1. The van der Waals surface area contributed by atoms with Crippen LogP contribution in [0.25, 0.3) is 5.65 Å². The van der Waals surface area contributed by atoms with Gasteiger partial charge in [-0.15, -0.1) is 0 Å². The Hall–Kier alpha value is -2.91. The smallest absolute Gasteiger partial charge is 0.325 e. The maximum absolute atomic E-state index is 13.0. The van der Waals surface area contributed by atoms with Gasteiger partial charge in [0, 0.05) is 24.5 Å². The number of nitrogens with one attached hydrogen (secondary N) is 1. The number of rotatable bonds is 5. The van der Waals surface area contributed by atoms with Gasteiger partial charge < -0.3 is 5.32 Å². The lowest BCUT2D eigenvalue weighted by Gasteiger charge is -2.17. The monoisotopic (exact) mass is 438 g/mol. The SMILES string of the molecule is Cc1cccn2c(=O)cc(CN(C)CC(=O)Nc3ccc(Cl)c(C(F)(F)F)c3)nc12. The molecule has 30 heavy (non-hydrogen) atoms. The Morgan fingerprint density at radius 2 is 2.00 bits per heavy atom. The minimum absolute atomic E-state index is 0.0113. The summed E-state index contributed by atoms with van der Waals surface area (Å²) in [7, 11) is 1.64. The molecule has 2 aromatic heterocycles. The zero-order valence-corrected chi connectivity index (χ0v) is 16.9. The second-order valence-corrected chi connectivity index (χ2v) is 7.29. The minimum Gasteiger partial charge on any atom is -0.325 e. The molecule has 3 aromatic rings. The molecule has 0 atom stereocenters. The van der Waals surface area contributed by atoms with Crippen LogP contribution in [0.5, 0.6) is 0 Å². The first-order chi connectivity index (χ1) is 14.0. The Morgan fingerprint density at radius 3 is 2.70 bits per heavy atom. The first kappa shape index (κ1) is 21.8. The molecule has 1 amide bonds. The van der Waals surface area contributed by atoms with E-state index in [1.165, 1.54) is 16.5 Å². The van der Waals surface area contributed by atoms with E-state index < -0.39 is 22.7 Å². The summed E-state index contributed by atoms with van der Waals surface area (Å²) in [6.07, 6.45) is -3.00. The molecule has 10 heteroatoms. The minimum atomic E-state index is -4.62. The van der Waals surface area contributed by atoms with Crippen molar-refractivity contribution in [2.45, 2.75) is 19.6 Å². The zero-order valence-electron chi connectivity index (χ0n) is 16.1. The lowest BCUT2D eigenvalue weighted by atomic mass is 10.2. The quantitative estimate of drug-likeness (QED) is 0.659. The summed E-state index contributed by atoms with van der Waals surface area (Å²) in [5.41, 5.74) is 0.570. The molecule has 0 unspecified atom stereocenters. The average Bonchev–Trinajstić information content (AvgIpc) is 2.63. The van der Waals surface area contributed by atoms with E-state index in [1.807, 2.05) is 13.0 Å². The van der Waals surface area contributed by atoms with Crippen molar-refractivity contribution in [2.75, 3.05) is 18.9 Å². The van der Waals surface area contributed by atoms with Crippen LogP contribution < -0.4 is 10.9 Å². The van der Waals surface area contributed by atoms with E-state index in [0.717, 1.165) is 17.7 Å². The van der Waals surface area contributed by atoms with Gasteiger partial charge in [0.2, 0.25) is 5.91 Å². The Kier molecular flexibility index (Phi) is 6.14. The standard InChI is InChI=1S/C20H18ClF3N4O2/c1-12-4-3-7-28-18(30)9-14(26-19(12)28)10-27(2)11-17(29)25-13-5-6-16(21)15(8-13)20(22,23)24/h3-9H,10-11H2,1-2H3,(H,25,29). The molecule has 0 spiro atoms. The van der Waals surface area contributed by atoms with Gasteiger partial charge in [-0.1, -0.05) is 17.7 Å². The molecule has 0 saturated carbocycles. The number of hydrogen-bond donors (Lipinski definition) is 1. The number of amides is 1. The van der Waals surface area contributed by atoms with Crippen LogP contribution in [0.15, 0.2) is 47.4 Å². The number of fused-ring (bicyclic) bond motifs is 1. The molecule has 3 rings (SSSR count). The van der Waals surface area contributed by atoms with Crippen LogP contribution in [0.1, 0.15) is 16.8 Å². The van der Waals surface area contributed by atoms with E-state index in [-0.39, 0.29) is 24.3 Å². The molecule has 0 bridgehead atoms. The van der Waals surface area contributed by atoms with Gasteiger partial charge in [0.05, 0.1) is 22.8 Å². The average molecular weight is 439 g/mol. The lowest BCUT2D eigenvalue weighted by Crippen LogP contribution is -2.31. The van der Waals surface area contributed by atoms with E-state index in [9.17, 15) is 22.8 Å². The number of aryl methyl sites for hydroxylation is 1. The number of likely N-dealkylation sites (N-methyl/N-ethyl adjacent to an activating group) is 1. The van der Waals surface area contributed by atoms with Crippen LogP contribution in [-0.2, 0) is 17.5 Å². The predicted octanol–water partition coefficient (Wildman–Crippen LogP) is 3.75. The normalized spacial score (nSPS) is 11.8. The molecule has 0 fully saturated rings. The molecule has 0 saturated heterocycles. The summed E-state index contributed by atoms with van der Waals surface area (Å²) in [6.45, 7) is 1.94. The van der Waals surface area contributed by atoms with Crippen molar-refractivity contribution >= 4 is 28.8 Å². The Morgan fingerprint density at radius 1 is 1.27 bits per heavy atom. The van der Waals surface area contributed by atoms with Crippen LogP contribution in [0.3, 0.4) is 0 Å². The highest BCUT2D eigenvalue weighted by Gasteiger charge is 2.33. The third kappa shape index (κ3) is 4.98. The fourth-order valence-corrected chi connectivity index (χ4v) is 3.21. The summed E-state index contributed by atoms with van der Waals surface area (Å²) >= 11 is 5.58. The van der Waals surface area contributed by atoms with Crippen molar-refractivity contribution in [2.24, 2.45) is 0 Å². The van der Waals surface area contributed by atoms with Crippen molar-refractivity contribution in [3.8, 4) is 0 Å². The number of halogens is 4. The van der Waals surface area contributed by atoms with E-state index in [2.05, 4.69) is 10.3 Å². The maximum Gasteiger partial charge on any atom is 0.417 e. The first-order valence-corrected chi connectivity index (χ1v) is 9.25. The maximum atomic E-state index is 13.0. The van der Waals surface area contributed by atoms with Gasteiger partial charge in [0.15, 0.2) is 0 Å². The van der Waals surface area contributed by atoms with Gasteiger partial charge in [0.1, 0.15) is 5.65 Å². The molecule has 0 aliphatic heterocycles. The van der Waals surface area contributed by atoms with E-state index >= 15 is 0 Å². The Labute approximate surface area is 174 Å². The third-order valence-corrected chi connectivity index (χ3v) is 4.67. The molecule has 0 aliphatic carbocycles. The lowest BCUT2D eigenvalue weighted by molar-refractivity contribution is -0.137. The summed E-state index contributed by atoms with van der Waals surface area (Å²) in [4.78, 5) is 30.6. The summed E-state index contributed by atoms with van der Waals surface area (Å²) in [5.74, 6) is -0.512. The number of anilines is 1. The topological polar surface area (TPSA) is 66.7 Å². The highest BCUT2D eigenvalue weighted by molar-refractivity contribution is 6.31. The van der Waals surface area contributed by atoms with Crippen LogP contribution in [-0.4, -0.2) is 33.8 Å². The summed E-state index contributed by atoms with van der Waals surface area (Å²) in [5, 5.41) is 1.98. The van der Waals surface area contributed by atoms with Crippen molar-refractivity contribution in [3.05, 3.63) is 74.8 Å².